The number of halogens is 3. The van der Waals surface area contributed by atoms with Gasteiger partial charge in [-0.3, -0.25) is 9.88 Å². The molecule has 0 aliphatic carbocycles. The van der Waals surface area contributed by atoms with Gasteiger partial charge in [0.25, 0.3) is 0 Å². The highest BCUT2D eigenvalue weighted by Crippen LogP contribution is 2.37. The van der Waals surface area contributed by atoms with Crippen LogP contribution in [0.25, 0.3) is 11.0 Å². The minimum Gasteiger partial charge on any atom is -0.455 e. The number of carbonyl (C=O) groups excluding carboxylic acids is 1. The van der Waals surface area contributed by atoms with Crippen molar-refractivity contribution in [3.05, 3.63) is 76.9 Å². The Morgan fingerprint density at radius 3 is 2.58 bits per heavy atom. The van der Waals surface area contributed by atoms with Crippen molar-refractivity contribution < 1.29 is 27.4 Å². The van der Waals surface area contributed by atoms with Crippen LogP contribution in [-0.2, 0) is 30.4 Å². The van der Waals surface area contributed by atoms with E-state index in [9.17, 15) is 18.0 Å². The Morgan fingerprint density at radius 1 is 1.06 bits per heavy atom. The third kappa shape index (κ3) is 7.58. The van der Waals surface area contributed by atoms with Crippen molar-refractivity contribution in [2.45, 2.75) is 51.9 Å². The van der Waals surface area contributed by atoms with Crippen LogP contribution < -0.4 is 10.1 Å². The molecule has 2 amide bonds. The van der Waals surface area contributed by atoms with Gasteiger partial charge in [-0.2, -0.15) is 13.2 Å². The Bertz CT molecular complexity index is 1740. The number of amides is 2. The third-order valence-corrected chi connectivity index (χ3v) is 9.27. The van der Waals surface area contributed by atoms with Gasteiger partial charge in [0, 0.05) is 82.8 Å². The number of anilines is 1. The van der Waals surface area contributed by atoms with E-state index < -0.39 is 17.8 Å². The second-order valence-electron chi connectivity index (χ2n) is 12.4. The fourth-order valence-electron chi connectivity index (χ4n) is 6.53. The number of ether oxygens (including phenoxy) is 2. The number of urea groups is 1. The molecule has 0 unspecified atom stereocenters. The van der Waals surface area contributed by atoms with Crippen LogP contribution in [0.5, 0.6) is 11.5 Å². The number of aromatic nitrogens is 3. The summed E-state index contributed by atoms with van der Waals surface area (Å²) in [5.41, 5.74) is 3.00. The Morgan fingerprint density at radius 2 is 1.85 bits per heavy atom. The Hall–Kier alpha value is -4.20. The minimum absolute atomic E-state index is 0.0320. The number of nitrogens with one attached hydrogen (secondary N) is 2. The summed E-state index contributed by atoms with van der Waals surface area (Å²) in [6.45, 7) is 9.58. The highest BCUT2D eigenvalue weighted by molar-refractivity contribution is 5.89. The molecular formula is C35H42F3N7O3. The molecule has 256 valence electrons. The summed E-state index contributed by atoms with van der Waals surface area (Å²) in [6.07, 6.45) is 0.256. The zero-order chi connectivity index (χ0) is 33.8. The number of hydrogen-bond donors (Lipinski definition) is 2. The number of benzene rings is 1. The zero-order valence-corrected chi connectivity index (χ0v) is 27.6. The molecule has 48 heavy (non-hydrogen) atoms. The van der Waals surface area contributed by atoms with Crippen LogP contribution in [-0.4, -0.2) is 88.7 Å². The minimum atomic E-state index is -4.55. The first-order valence-corrected chi connectivity index (χ1v) is 16.5. The van der Waals surface area contributed by atoms with Gasteiger partial charge in [0.15, 0.2) is 0 Å². The Balaban J connectivity index is 1.17. The molecule has 1 saturated heterocycles. The molecule has 1 fully saturated rings. The molecule has 1 atom stereocenters. The molecule has 2 N–H and O–H groups in total. The number of piperazine rings is 1. The average Bonchev–Trinajstić information content (AvgIpc) is 3.51. The van der Waals surface area contributed by atoms with Gasteiger partial charge in [-0.1, -0.05) is 19.9 Å². The van der Waals surface area contributed by atoms with Gasteiger partial charge < -0.3 is 29.6 Å². The van der Waals surface area contributed by atoms with Crippen molar-refractivity contribution in [3.8, 4) is 11.5 Å². The number of carbonyl (C=O) groups is 1. The number of methoxy groups -OCH3 is 1. The van der Waals surface area contributed by atoms with E-state index in [4.69, 9.17) is 14.5 Å². The molecular weight excluding hydrogens is 623 g/mol. The lowest BCUT2D eigenvalue weighted by Crippen LogP contribution is -2.45. The first-order chi connectivity index (χ1) is 23.1. The topological polar surface area (TPSA) is 98.9 Å². The summed E-state index contributed by atoms with van der Waals surface area (Å²) in [6, 6.07) is 9.29. The van der Waals surface area contributed by atoms with E-state index in [1.165, 1.54) is 6.07 Å². The number of aromatic amines is 1. The van der Waals surface area contributed by atoms with Crippen molar-refractivity contribution in [2.75, 3.05) is 58.3 Å². The fraction of sp³-hybridized carbons (Fsp3) is 0.457. The number of alkyl halides is 3. The average molecular weight is 666 g/mol. The number of hydrogen-bond acceptors (Lipinski definition) is 7. The molecule has 0 radical (unpaired) electrons. The molecule has 2 aliphatic rings. The molecule has 0 spiro atoms. The molecule has 5 heterocycles. The van der Waals surface area contributed by atoms with Crippen LogP contribution in [0.4, 0.5) is 23.7 Å². The molecule has 0 saturated carbocycles. The third-order valence-electron chi connectivity index (χ3n) is 9.27. The maximum atomic E-state index is 14.2. The lowest BCUT2D eigenvalue weighted by atomic mass is 9.92. The molecule has 13 heteroatoms. The van der Waals surface area contributed by atoms with E-state index in [1.54, 1.807) is 36.5 Å². The van der Waals surface area contributed by atoms with Crippen molar-refractivity contribution in [1.82, 2.24) is 29.7 Å². The van der Waals surface area contributed by atoms with E-state index in [2.05, 4.69) is 27.1 Å². The van der Waals surface area contributed by atoms with Crippen molar-refractivity contribution in [2.24, 2.45) is 0 Å². The number of pyridine rings is 2. The summed E-state index contributed by atoms with van der Waals surface area (Å²) in [7, 11) is 1.66. The van der Waals surface area contributed by atoms with Gasteiger partial charge in [0.2, 0.25) is 0 Å². The molecule has 1 aromatic carbocycles. The molecule has 6 rings (SSSR count). The Kier molecular flexibility index (Phi) is 10.2. The van der Waals surface area contributed by atoms with Crippen LogP contribution in [0.15, 0.2) is 48.8 Å². The number of rotatable bonds is 10. The van der Waals surface area contributed by atoms with E-state index >= 15 is 0 Å². The standard InChI is InChI=1S/C35H42F3N7O3/c1-4-23-21-45(34(46)42-26-7-6-24(30(18-26)35(36,37)38)20-44-13-11-43(5-2)12-14-44)22-25-16-28(19-40-32(23)25)48-31-8-10-39-33-29(31)17-27(41-33)9-15-47-3/h6-8,10,16-19,23H,4-5,9,11-15,20-22H2,1-3H3,(H,39,41)(H,42,46)/t23-/m0/s1. The van der Waals surface area contributed by atoms with E-state index in [0.29, 0.717) is 36.7 Å². The summed E-state index contributed by atoms with van der Waals surface area (Å²) in [5.74, 6) is 1.10. The zero-order valence-electron chi connectivity index (χ0n) is 27.6. The summed E-state index contributed by atoms with van der Waals surface area (Å²) in [5, 5.41) is 3.56. The molecule has 3 aromatic heterocycles. The maximum absolute atomic E-state index is 14.2. The predicted octanol–water partition coefficient (Wildman–Crippen LogP) is 6.64. The summed E-state index contributed by atoms with van der Waals surface area (Å²) in [4.78, 5) is 31.9. The molecule has 10 nitrogen and oxygen atoms in total. The van der Waals surface area contributed by atoms with E-state index in [1.807, 2.05) is 24.0 Å². The second kappa shape index (κ2) is 14.5. The monoisotopic (exact) mass is 665 g/mol. The van der Waals surface area contributed by atoms with Crippen LogP contribution in [0.1, 0.15) is 54.3 Å². The first-order valence-electron chi connectivity index (χ1n) is 16.5. The van der Waals surface area contributed by atoms with Gasteiger partial charge >= 0.3 is 12.2 Å². The second-order valence-corrected chi connectivity index (χ2v) is 12.4. The SMILES string of the molecule is CC[C@H]1CN(C(=O)Nc2ccc(CN3CCN(CC)CC3)c(C(F)(F)F)c2)Cc2cc(Oc3ccnc4[nH]c(CCOC)cc34)cnc21. The summed E-state index contributed by atoms with van der Waals surface area (Å²) >= 11 is 0. The predicted molar refractivity (Wildman–Crippen MR) is 177 cm³/mol. The van der Waals surface area contributed by atoms with Gasteiger partial charge in [-0.25, -0.2) is 9.78 Å². The van der Waals surface area contributed by atoms with Gasteiger partial charge in [-0.05, 0) is 54.4 Å². The number of likely N-dealkylation sites (N-methyl/N-ethyl adjacent to an activating group) is 1. The number of H-pyrrole nitrogens is 1. The van der Waals surface area contributed by atoms with E-state index in [-0.39, 0.29) is 30.3 Å². The Labute approximate surface area is 278 Å². The quantitative estimate of drug-likeness (QED) is 0.196. The van der Waals surface area contributed by atoms with Crippen molar-refractivity contribution in [3.63, 3.8) is 0 Å². The number of fused-ring (bicyclic) bond motifs is 2. The molecule has 2 aliphatic heterocycles. The van der Waals surface area contributed by atoms with Crippen LogP contribution in [0.3, 0.4) is 0 Å². The number of nitrogens with zero attached hydrogens (tertiary/aromatic N) is 5. The van der Waals surface area contributed by atoms with Crippen LogP contribution >= 0.6 is 0 Å². The maximum Gasteiger partial charge on any atom is 0.416 e. The van der Waals surface area contributed by atoms with Crippen LogP contribution in [0.2, 0.25) is 0 Å². The van der Waals surface area contributed by atoms with Gasteiger partial charge in [0.1, 0.15) is 17.1 Å². The molecule has 0 bridgehead atoms. The summed E-state index contributed by atoms with van der Waals surface area (Å²) < 4.78 is 54.1. The normalized spacial score (nSPS) is 17.5. The molecule has 4 aromatic rings. The fourth-order valence-corrected chi connectivity index (χ4v) is 6.53. The highest BCUT2D eigenvalue weighted by Gasteiger charge is 2.35. The smallest absolute Gasteiger partial charge is 0.416 e. The largest absolute Gasteiger partial charge is 0.455 e. The van der Waals surface area contributed by atoms with E-state index in [0.717, 1.165) is 67.5 Å². The van der Waals surface area contributed by atoms with Crippen molar-refractivity contribution >= 4 is 22.8 Å². The van der Waals surface area contributed by atoms with Crippen LogP contribution in [0, 0.1) is 0 Å². The lowest BCUT2D eigenvalue weighted by Gasteiger charge is -2.34. The lowest BCUT2D eigenvalue weighted by molar-refractivity contribution is -0.138. The van der Waals surface area contributed by atoms with Gasteiger partial charge in [0.05, 0.1) is 29.4 Å². The van der Waals surface area contributed by atoms with Gasteiger partial charge in [-0.15, -0.1) is 0 Å². The van der Waals surface area contributed by atoms with Crippen molar-refractivity contribution in [1.29, 1.82) is 0 Å². The highest BCUT2D eigenvalue weighted by atomic mass is 19.4. The first kappa shape index (κ1) is 33.7.